The number of benzene rings is 1. The van der Waals surface area contributed by atoms with E-state index in [0.717, 1.165) is 24.2 Å². The number of hydrogen-bond acceptors (Lipinski definition) is 3. The molecule has 18 heavy (non-hydrogen) atoms. The van der Waals surface area contributed by atoms with Crippen LogP contribution in [0.15, 0.2) is 47.4 Å². The van der Waals surface area contributed by atoms with E-state index in [9.17, 15) is 0 Å². The number of nitrogens with two attached hydrogens (primary N) is 1. The van der Waals surface area contributed by atoms with E-state index in [1.54, 1.807) is 11.8 Å². The first-order valence-electron chi connectivity index (χ1n) is 6.14. The van der Waals surface area contributed by atoms with E-state index in [4.69, 9.17) is 5.73 Å². The van der Waals surface area contributed by atoms with Crippen molar-refractivity contribution in [3.63, 3.8) is 0 Å². The Morgan fingerprint density at radius 2 is 1.89 bits per heavy atom. The van der Waals surface area contributed by atoms with Crippen LogP contribution < -0.4 is 5.73 Å². The van der Waals surface area contributed by atoms with Gasteiger partial charge in [-0.15, -0.1) is 11.8 Å². The number of aryl methyl sites for hydroxylation is 1. The third-order valence-electron chi connectivity index (χ3n) is 2.83. The van der Waals surface area contributed by atoms with E-state index in [-0.39, 0.29) is 0 Å². The van der Waals surface area contributed by atoms with Crippen LogP contribution in [0.2, 0.25) is 0 Å². The maximum absolute atomic E-state index is 5.53. The van der Waals surface area contributed by atoms with Crippen molar-refractivity contribution < 1.29 is 0 Å². The second kappa shape index (κ2) is 6.57. The van der Waals surface area contributed by atoms with Crippen molar-refractivity contribution in [3.05, 3.63) is 48.2 Å². The normalized spacial score (nSPS) is 10.6. The SMILES string of the molecule is CSc1ccc(-c2cccc(CCCN)n2)cc1. The molecule has 0 unspecified atom stereocenters. The summed E-state index contributed by atoms with van der Waals surface area (Å²) < 4.78 is 0. The van der Waals surface area contributed by atoms with Crippen LogP contribution in [-0.2, 0) is 6.42 Å². The van der Waals surface area contributed by atoms with Crippen molar-refractivity contribution in [2.75, 3.05) is 12.8 Å². The quantitative estimate of drug-likeness (QED) is 0.836. The van der Waals surface area contributed by atoms with Gasteiger partial charge in [0.25, 0.3) is 0 Å². The highest BCUT2D eigenvalue weighted by Crippen LogP contribution is 2.21. The first kappa shape index (κ1) is 13.1. The fourth-order valence-electron chi connectivity index (χ4n) is 1.82. The van der Waals surface area contributed by atoms with Gasteiger partial charge in [-0.25, -0.2) is 0 Å². The third-order valence-corrected chi connectivity index (χ3v) is 3.57. The van der Waals surface area contributed by atoms with E-state index in [1.807, 2.05) is 0 Å². The molecular formula is C15H18N2S. The van der Waals surface area contributed by atoms with E-state index < -0.39 is 0 Å². The van der Waals surface area contributed by atoms with Crippen LogP contribution in [0.1, 0.15) is 12.1 Å². The van der Waals surface area contributed by atoms with Crippen molar-refractivity contribution in [1.29, 1.82) is 0 Å². The highest BCUT2D eigenvalue weighted by atomic mass is 32.2. The lowest BCUT2D eigenvalue weighted by atomic mass is 10.1. The second-order valence-electron chi connectivity index (χ2n) is 4.13. The van der Waals surface area contributed by atoms with E-state index in [0.29, 0.717) is 6.54 Å². The molecule has 0 amide bonds. The van der Waals surface area contributed by atoms with Crippen LogP contribution in [-0.4, -0.2) is 17.8 Å². The van der Waals surface area contributed by atoms with Gasteiger partial charge < -0.3 is 5.73 Å². The Balaban J connectivity index is 2.20. The molecule has 1 heterocycles. The number of hydrogen-bond donors (Lipinski definition) is 1. The molecule has 2 nitrogen and oxygen atoms in total. The van der Waals surface area contributed by atoms with Gasteiger partial charge >= 0.3 is 0 Å². The Kier molecular flexibility index (Phi) is 4.79. The monoisotopic (exact) mass is 258 g/mol. The highest BCUT2D eigenvalue weighted by molar-refractivity contribution is 7.98. The molecule has 2 rings (SSSR count). The summed E-state index contributed by atoms with van der Waals surface area (Å²) >= 11 is 1.75. The number of thioether (sulfide) groups is 1. The Morgan fingerprint density at radius 3 is 2.56 bits per heavy atom. The fraction of sp³-hybridized carbons (Fsp3) is 0.267. The summed E-state index contributed by atoms with van der Waals surface area (Å²) in [6.07, 6.45) is 4.02. The molecule has 0 fully saturated rings. The summed E-state index contributed by atoms with van der Waals surface area (Å²) in [7, 11) is 0. The molecule has 2 N–H and O–H groups in total. The van der Waals surface area contributed by atoms with Gasteiger partial charge in [0.2, 0.25) is 0 Å². The molecule has 0 spiro atoms. The smallest absolute Gasteiger partial charge is 0.0705 e. The predicted molar refractivity (Wildman–Crippen MR) is 78.8 cm³/mol. The van der Waals surface area contributed by atoms with Gasteiger partial charge in [0.05, 0.1) is 5.69 Å². The van der Waals surface area contributed by atoms with Gasteiger partial charge in [0.15, 0.2) is 0 Å². The molecule has 0 aliphatic carbocycles. The maximum Gasteiger partial charge on any atom is 0.0705 e. The predicted octanol–water partition coefficient (Wildman–Crippen LogP) is 3.36. The van der Waals surface area contributed by atoms with Crippen molar-refractivity contribution in [2.24, 2.45) is 5.73 Å². The molecule has 0 saturated carbocycles. The fourth-order valence-corrected chi connectivity index (χ4v) is 2.23. The number of nitrogens with zero attached hydrogens (tertiary/aromatic N) is 1. The zero-order valence-electron chi connectivity index (χ0n) is 10.6. The second-order valence-corrected chi connectivity index (χ2v) is 5.01. The maximum atomic E-state index is 5.53. The molecule has 1 aromatic heterocycles. The average Bonchev–Trinajstić information content (AvgIpc) is 2.45. The summed E-state index contributed by atoms with van der Waals surface area (Å²) in [6.45, 7) is 0.717. The Morgan fingerprint density at radius 1 is 1.11 bits per heavy atom. The molecule has 0 radical (unpaired) electrons. The molecule has 0 saturated heterocycles. The van der Waals surface area contributed by atoms with Crippen LogP contribution in [0.4, 0.5) is 0 Å². The minimum atomic E-state index is 0.717. The lowest BCUT2D eigenvalue weighted by Crippen LogP contribution is -2.01. The summed E-state index contributed by atoms with van der Waals surface area (Å²) in [5, 5.41) is 0. The Hall–Kier alpha value is -1.32. The molecule has 0 bridgehead atoms. The minimum absolute atomic E-state index is 0.717. The molecule has 3 heteroatoms. The van der Waals surface area contributed by atoms with Crippen LogP contribution in [0, 0.1) is 0 Å². The number of pyridine rings is 1. The molecule has 2 aromatic rings. The van der Waals surface area contributed by atoms with Gasteiger partial charge in [-0.2, -0.15) is 0 Å². The molecule has 0 aliphatic rings. The van der Waals surface area contributed by atoms with Gasteiger partial charge in [-0.1, -0.05) is 18.2 Å². The number of rotatable bonds is 5. The van der Waals surface area contributed by atoms with E-state index in [2.05, 4.69) is 53.7 Å². The van der Waals surface area contributed by atoms with Crippen LogP contribution >= 0.6 is 11.8 Å². The van der Waals surface area contributed by atoms with E-state index >= 15 is 0 Å². The highest BCUT2D eigenvalue weighted by Gasteiger charge is 2.01. The Labute approximate surface area is 113 Å². The zero-order valence-corrected chi connectivity index (χ0v) is 11.4. The van der Waals surface area contributed by atoms with Crippen molar-refractivity contribution >= 4 is 11.8 Å². The molecular weight excluding hydrogens is 240 g/mol. The van der Waals surface area contributed by atoms with Crippen molar-refractivity contribution in [2.45, 2.75) is 17.7 Å². The van der Waals surface area contributed by atoms with Crippen LogP contribution in [0.5, 0.6) is 0 Å². The molecule has 0 atom stereocenters. The number of aromatic nitrogens is 1. The average molecular weight is 258 g/mol. The van der Waals surface area contributed by atoms with Crippen LogP contribution in [0.3, 0.4) is 0 Å². The molecule has 94 valence electrons. The first-order chi connectivity index (χ1) is 8.83. The molecule has 1 aromatic carbocycles. The largest absolute Gasteiger partial charge is 0.330 e. The Bertz CT molecular complexity index is 494. The van der Waals surface area contributed by atoms with E-state index in [1.165, 1.54) is 10.5 Å². The van der Waals surface area contributed by atoms with Crippen molar-refractivity contribution in [3.8, 4) is 11.3 Å². The first-order valence-corrected chi connectivity index (χ1v) is 7.36. The van der Waals surface area contributed by atoms with Gasteiger partial charge in [-0.05, 0) is 49.9 Å². The van der Waals surface area contributed by atoms with Gasteiger partial charge in [0.1, 0.15) is 0 Å². The van der Waals surface area contributed by atoms with Gasteiger partial charge in [0, 0.05) is 16.2 Å². The summed E-state index contributed by atoms with van der Waals surface area (Å²) in [6, 6.07) is 14.7. The van der Waals surface area contributed by atoms with Crippen LogP contribution in [0.25, 0.3) is 11.3 Å². The standard InChI is InChI=1S/C15H18N2S/c1-18-14-9-7-12(8-10-14)15-6-2-4-13(17-15)5-3-11-16/h2,4,6-10H,3,5,11,16H2,1H3. The van der Waals surface area contributed by atoms with Gasteiger partial charge in [-0.3, -0.25) is 4.98 Å². The topological polar surface area (TPSA) is 38.9 Å². The molecule has 0 aliphatic heterocycles. The van der Waals surface area contributed by atoms with Crippen molar-refractivity contribution in [1.82, 2.24) is 4.98 Å². The summed E-state index contributed by atoms with van der Waals surface area (Å²) in [5.74, 6) is 0. The lowest BCUT2D eigenvalue weighted by molar-refractivity contribution is 0.811. The third kappa shape index (κ3) is 3.34. The zero-order chi connectivity index (χ0) is 12.8. The summed E-state index contributed by atoms with van der Waals surface area (Å²) in [5.41, 5.74) is 8.85. The minimum Gasteiger partial charge on any atom is -0.330 e. The summed E-state index contributed by atoms with van der Waals surface area (Å²) in [4.78, 5) is 5.95. The lowest BCUT2D eigenvalue weighted by Gasteiger charge is -2.05.